The Hall–Kier alpha value is -2.93. The molecule has 198 valence electrons. The summed E-state index contributed by atoms with van der Waals surface area (Å²) in [5.41, 5.74) is 1.09. The van der Waals surface area contributed by atoms with E-state index in [1.54, 1.807) is 6.20 Å². The van der Waals surface area contributed by atoms with Crippen molar-refractivity contribution in [2.45, 2.75) is 70.0 Å². The minimum atomic E-state index is -0.777. The van der Waals surface area contributed by atoms with Gasteiger partial charge in [-0.05, 0) is 63.6 Å². The minimum absolute atomic E-state index is 0.0348. The summed E-state index contributed by atoms with van der Waals surface area (Å²) < 4.78 is 5.42. The normalized spacial score (nSPS) is 22.0. The van der Waals surface area contributed by atoms with Gasteiger partial charge in [0.15, 0.2) is 0 Å². The average Bonchev–Trinajstić information content (AvgIpc) is 2.90. The van der Waals surface area contributed by atoms with E-state index >= 15 is 0 Å². The maximum Gasteiger partial charge on any atom is 0.304 e. The van der Waals surface area contributed by atoms with Gasteiger partial charge in [0.05, 0.1) is 28.6 Å². The molecule has 2 aromatic heterocycles. The van der Waals surface area contributed by atoms with Crippen LogP contribution < -0.4 is 16.0 Å². The van der Waals surface area contributed by atoms with E-state index in [-0.39, 0.29) is 18.5 Å². The van der Waals surface area contributed by atoms with Crippen molar-refractivity contribution in [2.24, 2.45) is 5.41 Å². The van der Waals surface area contributed by atoms with Crippen molar-refractivity contribution in [1.29, 1.82) is 5.26 Å². The molecule has 1 atom stereocenters. The Balaban J connectivity index is 1.36. The van der Waals surface area contributed by atoms with Gasteiger partial charge < -0.3 is 25.8 Å². The van der Waals surface area contributed by atoms with Crippen LogP contribution >= 0.6 is 11.6 Å². The number of hydrogen-bond donors (Lipinski definition) is 4. The van der Waals surface area contributed by atoms with Crippen LogP contribution in [0.1, 0.15) is 51.9 Å². The molecule has 2 fully saturated rings. The van der Waals surface area contributed by atoms with Gasteiger partial charge in [0, 0.05) is 49.6 Å². The number of ether oxygens (including phenoxy) is 1. The third-order valence-corrected chi connectivity index (χ3v) is 7.56. The quantitative estimate of drug-likeness (QED) is 0.347. The van der Waals surface area contributed by atoms with Gasteiger partial charge in [0.2, 0.25) is 0 Å². The number of carboxylic acids is 1. The van der Waals surface area contributed by atoms with Gasteiger partial charge in [0.1, 0.15) is 11.6 Å². The van der Waals surface area contributed by atoms with Crippen LogP contribution in [0.25, 0.3) is 11.3 Å². The maximum absolute atomic E-state index is 10.9. The molecule has 0 unspecified atom stereocenters. The summed E-state index contributed by atoms with van der Waals surface area (Å²) >= 11 is 6.52. The Morgan fingerprint density at radius 1 is 1.24 bits per heavy atom. The number of pyridine rings is 2. The number of nitrogens with zero attached hydrogens (tertiary/aromatic N) is 3. The number of anilines is 2. The largest absolute Gasteiger partial charge is 0.481 e. The molecule has 4 rings (SSSR count). The van der Waals surface area contributed by atoms with Crippen molar-refractivity contribution in [3.8, 4) is 17.3 Å². The molecule has 9 nitrogen and oxygen atoms in total. The van der Waals surface area contributed by atoms with Crippen LogP contribution in [0.5, 0.6) is 0 Å². The van der Waals surface area contributed by atoms with Crippen LogP contribution in [0.4, 0.5) is 11.6 Å². The Morgan fingerprint density at radius 3 is 2.68 bits per heavy atom. The van der Waals surface area contributed by atoms with Crippen molar-refractivity contribution < 1.29 is 14.6 Å². The SMILES string of the molecule is C[C@H](CC(=O)O)NC1CCC(Nc2cc(-c3cccc(NCC4(C#N)CCOCC4)n3)c(Cl)cn2)CC1. The zero-order valence-electron chi connectivity index (χ0n) is 21.2. The molecule has 4 N–H and O–H groups in total. The highest BCUT2D eigenvalue weighted by molar-refractivity contribution is 6.33. The Labute approximate surface area is 223 Å². The first-order chi connectivity index (χ1) is 17.9. The van der Waals surface area contributed by atoms with E-state index < -0.39 is 11.4 Å². The maximum atomic E-state index is 10.9. The molecule has 3 heterocycles. The minimum Gasteiger partial charge on any atom is -0.481 e. The summed E-state index contributed by atoms with van der Waals surface area (Å²) in [5, 5.41) is 29.5. The van der Waals surface area contributed by atoms with E-state index in [9.17, 15) is 10.1 Å². The van der Waals surface area contributed by atoms with Crippen molar-refractivity contribution >= 4 is 29.2 Å². The number of hydrogen-bond acceptors (Lipinski definition) is 8. The predicted molar refractivity (Wildman–Crippen MR) is 144 cm³/mol. The number of halogens is 1. The molecule has 10 heteroatoms. The van der Waals surface area contributed by atoms with Gasteiger partial charge in [0.25, 0.3) is 0 Å². The molecule has 0 bridgehead atoms. The van der Waals surface area contributed by atoms with Gasteiger partial charge in [-0.2, -0.15) is 5.26 Å². The van der Waals surface area contributed by atoms with Gasteiger partial charge in [-0.25, -0.2) is 9.97 Å². The molecule has 0 aromatic carbocycles. The van der Waals surface area contributed by atoms with Crippen LogP contribution in [0.2, 0.25) is 5.02 Å². The fourth-order valence-corrected chi connectivity index (χ4v) is 5.28. The smallest absolute Gasteiger partial charge is 0.304 e. The van der Waals surface area contributed by atoms with Crippen LogP contribution in [-0.4, -0.2) is 58.9 Å². The van der Waals surface area contributed by atoms with Gasteiger partial charge in [-0.1, -0.05) is 17.7 Å². The number of aromatic nitrogens is 2. The highest BCUT2D eigenvalue weighted by Gasteiger charge is 2.32. The van der Waals surface area contributed by atoms with Gasteiger partial charge in [-0.3, -0.25) is 4.79 Å². The molecule has 1 aliphatic heterocycles. The molecule has 2 aromatic rings. The predicted octanol–water partition coefficient (Wildman–Crippen LogP) is 4.71. The lowest BCUT2D eigenvalue weighted by Gasteiger charge is -2.31. The molecule has 1 aliphatic carbocycles. The molecular formula is C27H35ClN6O3. The van der Waals surface area contributed by atoms with Gasteiger partial charge in [-0.15, -0.1) is 0 Å². The summed E-state index contributed by atoms with van der Waals surface area (Å²) in [6.45, 7) is 3.65. The second-order valence-corrected chi connectivity index (χ2v) is 10.6. The van der Waals surface area contributed by atoms with E-state index in [1.165, 1.54) is 0 Å². The molecular weight excluding hydrogens is 492 g/mol. The summed E-state index contributed by atoms with van der Waals surface area (Å²) in [4.78, 5) is 20.2. The van der Waals surface area contributed by atoms with E-state index in [1.807, 2.05) is 31.2 Å². The zero-order chi connectivity index (χ0) is 26.3. The van der Waals surface area contributed by atoms with Crippen molar-refractivity contribution in [2.75, 3.05) is 30.4 Å². The number of nitriles is 1. The van der Waals surface area contributed by atoms with Crippen LogP contribution in [0, 0.1) is 16.7 Å². The van der Waals surface area contributed by atoms with E-state index in [2.05, 4.69) is 27.0 Å². The standard InChI is InChI=1S/C27H35ClN6O3/c1-18(13-26(35)36)32-19-5-7-20(8-6-19)33-25-14-21(22(28)15-30-25)23-3-2-4-24(34-23)31-17-27(16-29)9-11-37-12-10-27/h2-4,14-15,18-20,32H,5-13,17H2,1H3,(H,30,33)(H,31,34)(H,35,36)/t18-,19?,20?/m1/s1. The zero-order valence-corrected chi connectivity index (χ0v) is 21.9. The molecule has 0 amide bonds. The highest BCUT2D eigenvalue weighted by Crippen LogP contribution is 2.32. The fourth-order valence-electron chi connectivity index (χ4n) is 5.08. The molecule has 1 saturated heterocycles. The second kappa shape index (κ2) is 12.5. The summed E-state index contributed by atoms with van der Waals surface area (Å²) in [6.07, 6.45) is 7.10. The lowest BCUT2D eigenvalue weighted by Crippen LogP contribution is -2.42. The van der Waals surface area contributed by atoms with Crippen molar-refractivity contribution in [1.82, 2.24) is 15.3 Å². The number of nitrogens with one attached hydrogen (secondary N) is 3. The fraction of sp³-hybridized carbons (Fsp3) is 0.556. The Bertz CT molecular complexity index is 1110. The van der Waals surface area contributed by atoms with Crippen molar-refractivity contribution in [3.05, 3.63) is 35.5 Å². The molecule has 0 spiro atoms. The summed E-state index contributed by atoms with van der Waals surface area (Å²) in [5.74, 6) is 0.672. The molecule has 2 aliphatic rings. The Morgan fingerprint density at radius 2 is 1.97 bits per heavy atom. The number of rotatable bonds is 10. The lowest BCUT2D eigenvalue weighted by molar-refractivity contribution is -0.137. The van der Waals surface area contributed by atoms with Crippen LogP contribution in [0.3, 0.4) is 0 Å². The molecule has 37 heavy (non-hydrogen) atoms. The molecule has 0 radical (unpaired) electrons. The van der Waals surface area contributed by atoms with Crippen LogP contribution in [0.15, 0.2) is 30.5 Å². The topological polar surface area (TPSA) is 132 Å². The Kier molecular flexibility index (Phi) is 9.19. The van der Waals surface area contributed by atoms with E-state index in [4.69, 9.17) is 26.4 Å². The first-order valence-corrected chi connectivity index (χ1v) is 13.3. The first-order valence-electron chi connectivity index (χ1n) is 13.0. The van der Waals surface area contributed by atoms with E-state index in [0.29, 0.717) is 49.5 Å². The van der Waals surface area contributed by atoms with Crippen molar-refractivity contribution in [3.63, 3.8) is 0 Å². The third kappa shape index (κ3) is 7.54. The summed E-state index contributed by atoms with van der Waals surface area (Å²) in [6, 6.07) is 10.7. The number of carbonyl (C=O) groups is 1. The first kappa shape index (κ1) is 27.1. The number of aliphatic carboxylic acids is 1. The number of carboxylic acid groups (broad SMARTS) is 1. The van der Waals surface area contributed by atoms with Crippen LogP contribution in [-0.2, 0) is 9.53 Å². The summed E-state index contributed by atoms with van der Waals surface area (Å²) in [7, 11) is 0. The molecule has 1 saturated carbocycles. The second-order valence-electron chi connectivity index (χ2n) is 10.2. The monoisotopic (exact) mass is 526 g/mol. The third-order valence-electron chi connectivity index (χ3n) is 7.26. The average molecular weight is 527 g/mol. The highest BCUT2D eigenvalue weighted by atomic mass is 35.5. The van der Waals surface area contributed by atoms with Gasteiger partial charge >= 0.3 is 5.97 Å². The lowest BCUT2D eigenvalue weighted by atomic mass is 9.82. The van der Waals surface area contributed by atoms with E-state index in [0.717, 1.165) is 42.8 Å².